The van der Waals surface area contributed by atoms with Crippen molar-refractivity contribution < 1.29 is 18.7 Å². The van der Waals surface area contributed by atoms with Crippen LogP contribution in [0.3, 0.4) is 0 Å². The van der Waals surface area contributed by atoms with Gasteiger partial charge in [0.25, 0.3) is 0 Å². The van der Waals surface area contributed by atoms with Gasteiger partial charge >= 0.3 is 0 Å². The molecule has 1 aliphatic carbocycles. The van der Waals surface area contributed by atoms with Crippen molar-refractivity contribution in [3.8, 4) is 11.5 Å². The highest BCUT2D eigenvalue weighted by Crippen LogP contribution is 2.47. The third-order valence-electron chi connectivity index (χ3n) is 5.22. The summed E-state index contributed by atoms with van der Waals surface area (Å²) in [5, 5.41) is 0. The number of furan rings is 1. The van der Waals surface area contributed by atoms with Gasteiger partial charge in [-0.15, -0.1) is 0 Å². The summed E-state index contributed by atoms with van der Waals surface area (Å²) in [5.41, 5.74) is 0.957. The van der Waals surface area contributed by atoms with Crippen LogP contribution in [0.2, 0.25) is 0 Å². The average molecular weight is 367 g/mol. The normalized spacial score (nSPS) is 20.7. The fraction of sp³-hybridized carbons (Fsp3) is 0.409. The van der Waals surface area contributed by atoms with Gasteiger partial charge in [0.2, 0.25) is 5.91 Å². The number of hydrogen-bond donors (Lipinski definition) is 0. The van der Waals surface area contributed by atoms with Crippen LogP contribution in [-0.4, -0.2) is 30.6 Å². The van der Waals surface area contributed by atoms with Crippen molar-refractivity contribution in [1.82, 2.24) is 4.90 Å². The summed E-state index contributed by atoms with van der Waals surface area (Å²) in [6, 6.07) is 9.75. The second-order valence-corrected chi connectivity index (χ2v) is 7.19. The lowest BCUT2D eigenvalue weighted by atomic mass is 10.1. The second-order valence-electron chi connectivity index (χ2n) is 7.19. The number of amides is 1. The van der Waals surface area contributed by atoms with E-state index in [2.05, 4.69) is 6.92 Å². The Labute approximate surface area is 159 Å². The molecule has 1 aromatic carbocycles. The predicted octanol–water partition coefficient (Wildman–Crippen LogP) is 4.24. The number of fused-ring (bicyclic) bond motifs is 1. The largest absolute Gasteiger partial charge is 0.486 e. The Hall–Kier alpha value is -2.69. The van der Waals surface area contributed by atoms with Crippen LogP contribution in [-0.2, 0) is 11.3 Å². The molecule has 2 heterocycles. The number of rotatable bonds is 6. The summed E-state index contributed by atoms with van der Waals surface area (Å²) >= 11 is 0. The number of carbonyl (C=O) groups is 1. The zero-order chi connectivity index (χ0) is 18.8. The van der Waals surface area contributed by atoms with E-state index in [1.54, 1.807) is 17.1 Å². The molecule has 2 atom stereocenters. The molecular formula is C22H25NO4. The minimum atomic E-state index is -0.0513. The molecule has 5 heteroatoms. The smallest absolute Gasteiger partial charge is 0.246 e. The van der Waals surface area contributed by atoms with E-state index >= 15 is 0 Å². The Morgan fingerprint density at radius 2 is 2.04 bits per heavy atom. The van der Waals surface area contributed by atoms with Gasteiger partial charge in [-0.05, 0) is 43.5 Å². The standard InChI is InChI=1S/C22H25NO4/c1-3-23(14-16-5-4-6-20-22(16)26-12-11-25-20)21(24)10-8-17-7-9-19(27-17)18-13-15(18)2/h4-10,15,18H,3,11-14H2,1-2H3/b10-8+. The fourth-order valence-corrected chi connectivity index (χ4v) is 3.44. The molecular weight excluding hydrogens is 342 g/mol. The van der Waals surface area contributed by atoms with Crippen LogP contribution in [0.5, 0.6) is 11.5 Å². The molecule has 1 aliphatic heterocycles. The van der Waals surface area contributed by atoms with E-state index in [-0.39, 0.29) is 5.91 Å². The van der Waals surface area contributed by atoms with Crippen molar-refractivity contribution in [3.63, 3.8) is 0 Å². The Balaban J connectivity index is 1.43. The highest BCUT2D eigenvalue weighted by atomic mass is 16.6. The predicted molar refractivity (Wildman–Crippen MR) is 103 cm³/mol. The molecule has 1 saturated carbocycles. The number of nitrogens with zero attached hydrogens (tertiary/aromatic N) is 1. The zero-order valence-electron chi connectivity index (χ0n) is 15.8. The maximum atomic E-state index is 12.7. The summed E-state index contributed by atoms with van der Waals surface area (Å²) < 4.78 is 17.2. The van der Waals surface area contributed by atoms with Crippen LogP contribution in [0.4, 0.5) is 0 Å². The molecule has 0 saturated heterocycles. The summed E-state index contributed by atoms with van der Waals surface area (Å²) in [6.07, 6.45) is 4.52. The Morgan fingerprint density at radius 3 is 2.81 bits per heavy atom. The highest BCUT2D eigenvalue weighted by molar-refractivity contribution is 5.91. The molecule has 0 N–H and O–H groups in total. The van der Waals surface area contributed by atoms with Gasteiger partial charge in [-0.25, -0.2) is 0 Å². The van der Waals surface area contributed by atoms with Gasteiger partial charge < -0.3 is 18.8 Å². The second kappa shape index (κ2) is 7.51. The van der Waals surface area contributed by atoms with E-state index in [1.807, 2.05) is 37.3 Å². The van der Waals surface area contributed by atoms with E-state index in [9.17, 15) is 4.79 Å². The van der Waals surface area contributed by atoms with Crippen molar-refractivity contribution in [2.45, 2.75) is 32.7 Å². The first-order chi connectivity index (χ1) is 13.2. The van der Waals surface area contributed by atoms with Crippen LogP contribution in [0.25, 0.3) is 6.08 Å². The van der Waals surface area contributed by atoms with Gasteiger partial charge in [0, 0.05) is 30.6 Å². The lowest BCUT2D eigenvalue weighted by molar-refractivity contribution is -0.126. The molecule has 0 spiro atoms. The van der Waals surface area contributed by atoms with Crippen LogP contribution in [0, 0.1) is 5.92 Å². The van der Waals surface area contributed by atoms with Gasteiger partial charge in [0.05, 0.1) is 0 Å². The number of carbonyl (C=O) groups excluding carboxylic acids is 1. The first kappa shape index (κ1) is 17.7. The number of para-hydroxylation sites is 1. The first-order valence-electron chi connectivity index (χ1n) is 9.60. The van der Waals surface area contributed by atoms with E-state index in [0.717, 1.165) is 28.6 Å². The monoisotopic (exact) mass is 367 g/mol. The lowest BCUT2D eigenvalue weighted by Gasteiger charge is -2.24. The minimum Gasteiger partial charge on any atom is -0.486 e. The molecule has 27 heavy (non-hydrogen) atoms. The van der Waals surface area contributed by atoms with Crippen molar-refractivity contribution in [1.29, 1.82) is 0 Å². The minimum absolute atomic E-state index is 0.0513. The molecule has 0 bridgehead atoms. The van der Waals surface area contributed by atoms with E-state index in [1.165, 1.54) is 6.42 Å². The highest BCUT2D eigenvalue weighted by Gasteiger charge is 2.36. The van der Waals surface area contributed by atoms with Crippen LogP contribution in [0.15, 0.2) is 40.8 Å². The summed E-state index contributed by atoms with van der Waals surface area (Å²) in [7, 11) is 0. The average Bonchev–Trinajstić information content (AvgIpc) is 3.24. The Kier molecular flexibility index (Phi) is 4.92. The van der Waals surface area contributed by atoms with Crippen LogP contribution >= 0.6 is 0 Å². The molecule has 1 fully saturated rings. The Bertz CT molecular complexity index is 854. The van der Waals surface area contributed by atoms with E-state index in [4.69, 9.17) is 13.9 Å². The number of ether oxygens (including phenoxy) is 2. The van der Waals surface area contributed by atoms with E-state index in [0.29, 0.717) is 38.1 Å². The van der Waals surface area contributed by atoms with Gasteiger partial charge in [-0.1, -0.05) is 19.1 Å². The lowest BCUT2D eigenvalue weighted by Crippen LogP contribution is -2.29. The van der Waals surface area contributed by atoms with Gasteiger partial charge in [0.15, 0.2) is 11.5 Å². The third kappa shape index (κ3) is 3.87. The quantitative estimate of drug-likeness (QED) is 0.717. The van der Waals surface area contributed by atoms with Crippen molar-refractivity contribution in [2.75, 3.05) is 19.8 Å². The maximum absolute atomic E-state index is 12.7. The molecule has 1 amide bonds. The number of likely N-dealkylation sites (N-methyl/N-ethyl adjacent to an activating group) is 1. The third-order valence-corrected chi connectivity index (χ3v) is 5.22. The topological polar surface area (TPSA) is 51.9 Å². The summed E-state index contributed by atoms with van der Waals surface area (Å²) in [6.45, 7) is 6.37. The van der Waals surface area contributed by atoms with Gasteiger partial charge in [-0.2, -0.15) is 0 Å². The van der Waals surface area contributed by atoms with Crippen molar-refractivity contribution >= 4 is 12.0 Å². The van der Waals surface area contributed by atoms with Gasteiger partial charge in [0.1, 0.15) is 24.7 Å². The van der Waals surface area contributed by atoms with Crippen molar-refractivity contribution in [2.24, 2.45) is 5.92 Å². The van der Waals surface area contributed by atoms with E-state index < -0.39 is 0 Å². The molecule has 1 aromatic heterocycles. The molecule has 142 valence electrons. The first-order valence-corrected chi connectivity index (χ1v) is 9.60. The van der Waals surface area contributed by atoms with Crippen LogP contribution < -0.4 is 9.47 Å². The molecule has 2 aliphatic rings. The zero-order valence-corrected chi connectivity index (χ0v) is 15.8. The van der Waals surface area contributed by atoms with Crippen LogP contribution in [0.1, 0.15) is 43.3 Å². The molecule has 0 radical (unpaired) electrons. The number of hydrogen-bond acceptors (Lipinski definition) is 4. The Morgan fingerprint density at radius 1 is 1.22 bits per heavy atom. The maximum Gasteiger partial charge on any atom is 0.246 e. The number of benzene rings is 1. The SMILES string of the molecule is CCN(Cc1cccc2c1OCCO2)C(=O)/C=C/c1ccc(C2CC2C)o1. The summed E-state index contributed by atoms with van der Waals surface area (Å²) in [4.78, 5) is 14.4. The molecule has 2 aromatic rings. The van der Waals surface area contributed by atoms with Crippen molar-refractivity contribution in [3.05, 3.63) is 53.5 Å². The molecule has 4 rings (SSSR count). The van der Waals surface area contributed by atoms with Gasteiger partial charge in [-0.3, -0.25) is 4.79 Å². The fourth-order valence-electron chi connectivity index (χ4n) is 3.44. The summed E-state index contributed by atoms with van der Waals surface area (Å²) in [5.74, 6) is 4.43. The molecule has 5 nitrogen and oxygen atoms in total. The molecule has 2 unspecified atom stereocenters.